The molecule has 354 valence electrons. The van der Waals surface area contributed by atoms with E-state index in [1.54, 1.807) is 33.9 Å². The molecule has 15 nitrogen and oxygen atoms in total. The Morgan fingerprint density at radius 2 is 1.52 bits per heavy atom. The van der Waals surface area contributed by atoms with Crippen molar-refractivity contribution in [3.05, 3.63) is 149 Å². The second-order valence-corrected chi connectivity index (χ2v) is 18.5. The molecule has 3 N–H and O–H groups in total. The molecule has 1 aliphatic carbocycles. The monoisotopic (exact) mass is 917 g/mol. The topological polar surface area (TPSA) is 183 Å². The van der Waals surface area contributed by atoms with Gasteiger partial charge in [-0.1, -0.05) is 115 Å². The first-order valence-electron chi connectivity index (χ1n) is 22.8. The predicted octanol–water partition coefficient (Wildman–Crippen LogP) is 4.82. The summed E-state index contributed by atoms with van der Waals surface area (Å²) in [4.78, 5) is 66.5. The van der Waals surface area contributed by atoms with E-state index >= 15 is 4.79 Å². The molecule has 0 spiro atoms. The van der Waals surface area contributed by atoms with Gasteiger partial charge in [-0.05, 0) is 50.0 Å². The number of amides is 2. The summed E-state index contributed by atoms with van der Waals surface area (Å²) in [6.45, 7) is 4.80. The first-order valence-corrected chi connectivity index (χ1v) is 22.8. The largest absolute Gasteiger partial charge is 0.499 e. The summed E-state index contributed by atoms with van der Waals surface area (Å²) < 4.78 is 31.4. The lowest BCUT2D eigenvalue weighted by Crippen LogP contribution is -2.70. The van der Waals surface area contributed by atoms with E-state index in [0.717, 1.165) is 16.7 Å². The number of likely N-dealkylation sites (N-methyl/N-ethyl adjacent to an activating group) is 1. The molecule has 67 heavy (non-hydrogen) atoms. The van der Waals surface area contributed by atoms with Gasteiger partial charge in [-0.25, -0.2) is 0 Å². The van der Waals surface area contributed by atoms with Crippen molar-refractivity contribution < 1.29 is 57.9 Å². The number of aliphatic hydroxyl groups excluding tert-OH is 2. The zero-order chi connectivity index (χ0) is 47.3. The van der Waals surface area contributed by atoms with Gasteiger partial charge in [0.2, 0.25) is 17.6 Å². The van der Waals surface area contributed by atoms with Gasteiger partial charge in [0, 0.05) is 37.4 Å². The summed E-state index contributed by atoms with van der Waals surface area (Å²) in [5, 5.41) is 24.1. The van der Waals surface area contributed by atoms with Crippen LogP contribution in [0.4, 0.5) is 0 Å². The normalized spacial score (nSPS) is 24.9. The third-order valence-electron chi connectivity index (χ3n) is 12.8. The molecule has 8 unspecified atom stereocenters. The lowest BCUT2D eigenvalue weighted by Gasteiger charge is -2.50. The Kier molecular flexibility index (Phi) is 14.3. The summed E-state index contributed by atoms with van der Waals surface area (Å²) >= 11 is 0. The number of nitrogens with zero attached hydrogens (tertiary/aromatic N) is 2. The van der Waals surface area contributed by atoms with Crippen LogP contribution in [0, 0.1) is 5.41 Å². The third kappa shape index (κ3) is 9.76. The zero-order valence-electron chi connectivity index (χ0n) is 38.2. The lowest BCUT2D eigenvalue weighted by atomic mass is 9.62. The molecule has 3 saturated heterocycles. The number of hydrogen-bond donors (Lipinski definition) is 3. The molecule has 8 rings (SSSR count). The van der Waals surface area contributed by atoms with Crippen LogP contribution >= 0.6 is 0 Å². The van der Waals surface area contributed by atoms with Gasteiger partial charge in [0.25, 0.3) is 0 Å². The van der Waals surface area contributed by atoms with E-state index in [1.165, 1.54) is 16.2 Å². The minimum atomic E-state index is -1.67. The maximum absolute atomic E-state index is 16.0. The Labute approximate surface area is 390 Å². The number of carbonyl (C=O) groups is 4. The SMILES string of the molecule is CN(C(=O)C12CC3OC(=O)C1N(Cc1ccccc1C=COCCO)OC2C1OC(c2ccccc2)(c2ccccc2)OC31)C(Cc1ccccc1)C(=O)NC(CO)CCC(=O)OC(C)(C)C. The van der Waals surface area contributed by atoms with E-state index in [1.807, 2.05) is 115 Å². The van der Waals surface area contributed by atoms with Crippen LogP contribution in [0.3, 0.4) is 0 Å². The van der Waals surface area contributed by atoms with Crippen LogP contribution in [-0.2, 0) is 66.5 Å². The second-order valence-electron chi connectivity index (χ2n) is 18.5. The number of fused-ring (bicyclic) bond motifs is 4. The Bertz CT molecular complexity index is 2360. The zero-order valence-corrected chi connectivity index (χ0v) is 38.2. The van der Waals surface area contributed by atoms with Crippen molar-refractivity contribution in [2.45, 2.75) is 107 Å². The van der Waals surface area contributed by atoms with Crippen molar-refractivity contribution in [3.8, 4) is 0 Å². The Morgan fingerprint density at radius 1 is 0.896 bits per heavy atom. The van der Waals surface area contributed by atoms with Gasteiger partial charge in [0.05, 0.1) is 32.1 Å². The molecule has 3 heterocycles. The van der Waals surface area contributed by atoms with Gasteiger partial charge < -0.3 is 44.1 Å². The molecule has 4 aromatic rings. The van der Waals surface area contributed by atoms with Crippen molar-refractivity contribution in [3.63, 3.8) is 0 Å². The molecular formula is C52H59N3O12. The van der Waals surface area contributed by atoms with Gasteiger partial charge in [0.1, 0.15) is 48.1 Å². The minimum Gasteiger partial charge on any atom is -0.499 e. The summed E-state index contributed by atoms with van der Waals surface area (Å²) in [7, 11) is 1.54. The van der Waals surface area contributed by atoms with Gasteiger partial charge in [0.15, 0.2) is 6.04 Å². The average molecular weight is 918 g/mol. The fourth-order valence-corrected chi connectivity index (χ4v) is 9.82. The second kappa shape index (κ2) is 20.1. The number of hydrogen-bond acceptors (Lipinski definition) is 13. The molecule has 4 fully saturated rings. The van der Waals surface area contributed by atoms with E-state index in [-0.39, 0.29) is 45.4 Å². The number of benzene rings is 4. The smallest absolute Gasteiger partial charge is 0.327 e. The summed E-state index contributed by atoms with van der Waals surface area (Å²) in [6.07, 6.45) is -0.582. The van der Waals surface area contributed by atoms with E-state index < -0.39 is 89.7 Å². The maximum Gasteiger partial charge on any atom is 0.327 e. The van der Waals surface area contributed by atoms with Gasteiger partial charge in [-0.15, -0.1) is 0 Å². The highest BCUT2D eigenvalue weighted by molar-refractivity contribution is 5.96. The first kappa shape index (κ1) is 47.5. The molecule has 4 aliphatic rings. The van der Waals surface area contributed by atoms with Crippen LogP contribution in [0.15, 0.2) is 122 Å². The molecule has 4 aromatic carbocycles. The van der Waals surface area contributed by atoms with E-state index in [9.17, 15) is 24.6 Å². The van der Waals surface area contributed by atoms with Crippen molar-refractivity contribution >= 4 is 29.8 Å². The lowest BCUT2D eigenvalue weighted by molar-refractivity contribution is -0.214. The standard InChI is InChI=1S/C52H59N3O12/c1-50(2,3)64-42(58)25-24-39(33-57)53-47(59)40(30-34-16-8-5-9-17-34)54(4)49(61)51-31-41-43-44(66-52(65-43,37-20-10-6-11-21-37)38-22-12-7-13-23-38)46(51)67-55(45(51)48(60)63-41)32-36-19-15-14-18-35(36)26-28-62-29-27-56/h5-23,26,28,39-41,43-46,56-57H,24-25,27,29-33H2,1-4H3,(H,53,59). The van der Waals surface area contributed by atoms with Gasteiger partial charge >= 0.3 is 11.9 Å². The molecule has 8 atom stereocenters. The molecule has 0 radical (unpaired) electrons. The van der Waals surface area contributed by atoms with Crippen molar-refractivity contribution in [2.75, 3.05) is 26.9 Å². The van der Waals surface area contributed by atoms with E-state index in [2.05, 4.69) is 5.32 Å². The van der Waals surface area contributed by atoms with E-state index in [4.69, 9.17) is 28.5 Å². The number of aliphatic hydroxyl groups is 2. The van der Waals surface area contributed by atoms with Crippen molar-refractivity contribution in [2.24, 2.45) is 5.41 Å². The molecule has 3 aliphatic heterocycles. The first-order chi connectivity index (χ1) is 32.3. The number of esters is 2. The summed E-state index contributed by atoms with van der Waals surface area (Å²) in [5.41, 5.74) is 1.24. The molecule has 2 bridgehead atoms. The molecule has 0 aromatic heterocycles. The summed E-state index contributed by atoms with van der Waals surface area (Å²) in [6, 6.07) is 32.3. The van der Waals surface area contributed by atoms with E-state index in [0.29, 0.717) is 11.1 Å². The fraction of sp³-hybridized carbons (Fsp3) is 0.423. The van der Waals surface area contributed by atoms with Crippen LogP contribution in [0.1, 0.15) is 67.9 Å². The number of carbonyl (C=O) groups excluding carboxylic acids is 4. The fourth-order valence-electron chi connectivity index (χ4n) is 9.82. The Hall–Kier alpha value is -5.94. The minimum absolute atomic E-state index is 0.0106. The number of ether oxygens (including phenoxy) is 5. The Morgan fingerprint density at radius 3 is 2.16 bits per heavy atom. The highest BCUT2D eigenvalue weighted by Crippen LogP contribution is 2.60. The van der Waals surface area contributed by atoms with Gasteiger partial charge in [-0.2, -0.15) is 5.06 Å². The molecular weight excluding hydrogens is 859 g/mol. The summed E-state index contributed by atoms with van der Waals surface area (Å²) in [5.74, 6) is -3.75. The number of rotatable bonds is 18. The number of nitrogens with one attached hydrogen (secondary N) is 1. The Balaban J connectivity index is 1.19. The maximum atomic E-state index is 16.0. The predicted molar refractivity (Wildman–Crippen MR) is 244 cm³/mol. The van der Waals surface area contributed by atoms with Crippen LogP contribution in [-0.4, -0.2) is 119 Å². The highest BCUT2D eigenvalue weighted by atomic mass is 16.8. The number of hydroxylamine groups is 2. The molecule has 1 saturated carbocycles. The highest BCUT2D eigenvalue weighted by Gasteiger charge is 2.77. The third-order valence-corrected chi connectivity index (χ3v) is 12.8. The van der Waals surface area contributed by atoms with Gasteiger partial charge in [-0.3, -0.25) is 24.0 Å². The molecule has 15 heteroatoms. The van der Waals surface area contributed by atoms with Crippen LogP contribution in [0.5, 0.6) is 0 Å². The van der Waals surface area contributed by atoms with Crippen molar-refractivity contribution in [1.29, 1.82) is 0 Å². The van der Waals surface area contributed by atoms with Crippen LogP contribution < -0.4 is 5.32 Å². The average Bonchev–Trinajstić information content (AvgIpc) is 3.91. The van der Waals surface area contributed by atoms with Crippen LogP contribution in [0.2, 0.25) is 0 Å². The molecule has 2 amide bonds. The quantitative estimate of drug-likeness (QED) is 0.0703. The van der Waals surface area contributed by atoms with Crippen LogP contribution in [0.25, 0.3) is 6.08 Å². The van der Waals surface area contributed by atoms with Crippen molar-refractivity contribution in [1.82, 2.24) is 15.3 Å².